The number of carbonyl (C=O) groups excluding carboxylic acids is 3. The second-order valence-corrected chi connectivity index (χ2v) is 6.43. The Morgan fingerprint density at radius 3 is 2.58 bits per heavy atom. The number of imide groups is 1. The minimum atomic E-state index is -1.15. The summed E-state index contributed by atoms with van der Waals surface area (Å²) < 4.78 is 9.58. The van der Waals surface area contributed by atoms with E-state index in [9.17, 15) is 14.4 Å². The number of hydrogen-bond acceptors (Lipinski definition) is 6. The summed E-state index contributed by atoms with van der Waals surface area (Å²) in [4.78, 5) is 36.3. The third kappa shape index (κ3) is 5.29. The lowest BCUT2D eigenvalue weighted by Gasteiger charge is -2.13. The molecule has 2 aromatic rings. The van der Waals surface area contributed by atoms with Gasteiger partial charge in [0.05, 0.1) is 12.7 Å². The Bertz CT molecular complexity index is 826. The van der Waals surface area contributed by atoms with Gasteiger partial charge in [0.15, 0.2) is 6.10 Å². The highest BCUT2D eigenvalue weighted by Crippen LogP contribution is 2.25. The number of amides is 2. The van der Waals surface area contributed by atoms with Crippen molar-refractivity contribution in [2.75, 3.05) is 7.11 Å². The van der Waals surface area contributed by atoms with Crippen LogP contribution in [-0.4, -0.2) is 31.2 Å². The van der Waals surface area contributed by atoms with Crippen molar-refractivity contribution in [3.63, 3.8) is 0 Å². The molecule has 1 aromatic carbocycles. The van der Waals surface area contributed by atoms with Gasteiger partial charge in [-0.15, -0.1) is 11.3 Å². The lowest BCUT2D eigenvalue weighted by molar-refractivity contribution is -0.149. The summed E-state index contributed by atoms with van der Waals surface area (Å²) in [6.07, 6.45) is -0.347. The zero-order valence-corrected chi connectivity index (χ0v) is 15.5. The molecule has 0 aliphatic carbocycles. The predicted octanol–water partition coefficient (Wildman–Crippen LogP) is 3.41. The standard InChI is InChI=1S/C19H19NO5S/c1-12-6-4-7-14(10-12)11-15(16-8-5-9-26-16)18(22)25-13(2)17(21)20-19(23)24-3/h4-11,13H,1-3H3,(H,20,21,23)/b15-11+/t13-/m1/s1. The molecule has 2 rings (SSSR count). The molecule has 0 saturated heterocycles. The Kier molecular flexibility index (Phi) is 6.68. The maximum atomic E-state index is 12.6. The quantitative estimate of drug-likeness (QED) is 0.642. The highest BCUT2D eigenvalue weighted by Gasteiger charge is 2.23. The van der Waals surface area contributed by atoms with Crippen LogP contribution in [0.15, 0.2) is 41.8 Å². The summed E-state index contributed by atoms with van der Waals surface area (Å²) in [5, 5.41) is 3.82. The van der Waals surface area contributed by atoms with E-state index >= 15 is 0 Å². The first-order valence-corrected chi connectivity index (χ1v) is 8.70. The molecule has 1 N–H and O–H groups in total. The van der Waals surface area contributed by atoms with E-state index < -0.39 is 24.1 Å². The summed E-state index contributed by atoms with van der Waals surface area (Å²) in [6.45, 7) is 3.34. The highest BCUT2D eigenvalue weighted by atomic mass is 32.1. The molecule has 0 spiro atoms. The molecule has 0 radical (unpaired) electrons. The number of esters is 1. The summed E-state index contributed by atoms with van der Waals surface area (Å²) >= 11 is 1.39. The molecule has 1 aromatic heterocycles. The van der Waals surface area contributed by atoms with Crippen LogP contribution in [0.2, 0.25) is 0 Å². The molecule has 0 aliphatic rings. The van der Waals surface area contributed by atoms with Crippen molar-refractivity contribution in [2.45, 2.75) is 20.0 Å². The molecule has 136 valence electrons. The zero-order valence-electron chi connectivity index (χ0n) is 14.6. The van der Waals surface area contributed by atoms with E-state index in [4.69, 9.17) is 4.74 Å². The lowest BCUT2D eigenvalue weighted by Crippen LogP contribution is -2.39. The van der Waals surface area contributed by atoms with Gasteiger partial charge in [-0.05, 0) is 36.9 Å². The molecule has 0 aliphatic heterocycles. The van der Waals surface area contributed by atoms with Crippen LogP contribution < -0.4 is 5.32 Å². The van der Waals surface area contributed by atoms with Crippen LogP contribution in [0.25, 0.3) is 11.6 Å². The number of methoxy groups -OCH3 is 1. The Morgan fingerprint density at radius 1 is 1.19 bits per heavy atom. The van der Waals surface area contributed by atoms with E-state index in [1.165, 1.54) is 18.3 Å². The Labute approximate surface area is 155 Å². The summed E-state index contributed by atoms with van der Waals surface area (Å²) in [5.74, 6) is -1.41. The highest BCUT2D eigenvalue weighted by molar-refractivity contribution is 7.11. The minimum Gasteiger partial charge on any atom is -0.453 e. The first kappa shape index (κ1) is 19.4. The molecule has 7 heteroatoms. The third-order valence-corrected chi connectivity index (χ3v) is 4.33. The second kappa shape index (κ2) is 8.96. The van der Waals surface area contributed by atoms with Crippen LogP contribution >= 0.6 is 11.3 Å². The van der Waals surface area contributed by atoms with Crippen molar-refractivity contribution < 1.29 is 23.9 Å². The van der Waals surface area contributed by atoms with Crippen molar-refractivity contribution in [3.05, 3.63) is 57.8 Å². The van der Waals surface area contributed by atoms with Crippen molar-refractivity contribution in [2.24, 2.45) is 0 Å². The van der Waals surface area contributed by atoms with Crippen LogP contribution in [0.4, 0.5) is 4.79 Å². The van der Waals surface area contributed by atoms with Crippen LogP contribution in [0.1, 0.15) is 22.9 Å². The Balaban J connectivity index is 2.22. The van der Waals surface area contributed by atoms with Crippen LogP contribution in [0.5, 0.6) is 0 Å². The molecule has 1 atom stereocenters. The number of thiophene rings is 1. The molecule has 0 unspecified atom stereocenters. The van der Waals surface area contributed by atoms with Crippen LogP contribution in [0.3, 0.4) is 0 Å². The second-order valence-electron chi connectivity index (χ2n) is 5.48. The smallest absolute Gasteiger partial charge is 0.413 e. The molecular formula is C19H19NO5S. The first-order valence-electron chi connectivity index (χ1n) is 7.82. The van der Waals surface area contributed by atoms with Crippen molar-refractivity contribution in [3.8, 4) is 0 Å². The third-order valence-electron chi connectivity index (χ3n) is 3.42. The number of alkyl carbamates (subject to hydrolysis) is 1. The molecule has 0 saturated carbocycles. The Hall–Kier alpha value is -2.93. The van der Waals surface area contributed by atoms with E-state index in [1.54, 1.807) is 12.1 Å². The van der Waals surface area contributed by atoms with Gasteiger partial charge in [0.25, 0.3) is 5.91 Å². The fourth-order valence-electron chi connectivity index (χ4n) is 2.12. The fourth-order valence-corrected chi connectivity index (χ4v) is 2.85. The van der Waals surface area contributed by atoms with Crippen molar-refractivity contribution >= 4 is 41.0 Å². The van der Waals surface area contributed by atoms with Gasteiger partial charge in [-0.3, -0.25) is 10.1 Å². The SMILES string of the molecule is COC(=O)NC(=O)[C@@H](C)OC(=O)/C(=C/c1cccc(C)c1)c1cccs1. The molecule has 0 fully saturated rings. The number of carbonyl (C=O) groups is 3. The molecular weight excluding hydrogens is 354 g/mol. The fraction of sp³-hybridized carbons (Fsp3) is 0.211. The van der Waals surface area contributed by atoms with Crippen molar-refractivity contribution in [1.29, 1.82) is 0 Å². The number of ether oxygens (including phenoxy) is 2. The van der Waals surface area contributed by atoms with E-state index in [0.717, 1.165) is 23.1 Å². The van der Waals surface area contributed by atoms with Crippen molar-refractivity contribution in [1.82, 2.24) is 5.32 Å². The largest absolute Gasteiger partial charge is 0.453 e. The summed E-state index contributed by atoms with van der Waals surface area (Å²) in [6, 6.07) is 11.3. The van der Waals surface area contributed by atoms with Crippen LogP contribution in [0, 0.1) is 6.92 Å². The average molecular weight is 373 g/mol. The van der Waals surface area contributed by atoms with Gasteiger partial charge >= 0.3 is 12.1 Å². The summed E-state index contributed by atoms with van der Waals surface area (Å²) in [7, 11) is 1.14. The van der Waals surface area contributed by atoms with Gasteiger partial charge in [-0.25, -0.2) is 9.59 Å². The van der Waals surface area contributed by atoms with E-state index in [2.05, 4.69) is 4.74 Å². The minimum absolute atomic E-state index is 0.336. The summed E-state index contributed by atoms with van der Waals surface area (Å²) in [5.41, 5.74) is 2.24. The molecule has 1 heterocycles. The predicted molar refractivity (Wildman–Crippen MR) is 99.5 cm³/mol. The number of hydrogen-bond donors (Lipinski definition) is 1. The van der Waals surface area contributed by atoms with E-state index in [0.29, 0.717) is 5.57 Å². The van der Waals surface area contributed by atoms with Gasteiger partial charge in [0, 0.05) is 4.88 Å². The monoisotopic (exact) mass is 373 g/mol. The van der Waals surface area contributed by atoms with Gasteiger partial charge < -0.3 is 9.47 Å². The van der Waals surface area contributed by atoms with Gasteiger partial charge in [0.2, 0.25) is 0 Å². The molecule has 6 nitrogen and oxygen atoms in total. The molecule has 2 amide bonds. The first-order chi connectivity index (χ1) is 12.4. The number of benzene rings is 1. The van der Waals surface area contributed by atoms with Gasteiger partial charge in [-0.2, -0.15) is 0 Å². The zero-order chi connectivity index (χ0) is 19.1. The Morgan fingerprint density at radius 2 is 1.96 bits per heavy atom. The number of rotatable bonds is 5. The number of nitrogens with one attached hydrogen (secondary N) is 1. The molecule has 0 bridgehead atoms. The van der Waals surface area contributed by atoms with E-state index in [-0.39, 0.29) is 0 Å². The maximum absolute atomic E-state index is 12.6. The average Bonchev–Trinajstić information content (AvgIpc) is 3.13. The maximum Gasteiger partial charge on any atom is 0.413 e. The number of aryl methyl sites for hydroxylation is 1. The van der Waals surface area contributed by atoms with Gasteiger partial charge in [-0.1, -0.05) is 35.9 Å². The van der Waals surface area contributed by atoms with Gasteiger partial charge in [0.1, 0.15) is 0 Å². The lowest BCUT2D eigenvalue weighted by atomic mass is 10.1. The van der Waals surface area contributed by atoms with E-state index in [1.807, 2.05) is 48.0 Å². The topological polar surface area (TPSA) is 81.7 Å². The molecule has 26 heavy (non-hydrogen) atoms. The van der Waals surface area contributed by atoms with Crippen LogP contribution in [-0.2, 0) is 19.1 Å². The normalized spacial score (nSPS) is 12.2.